The van der Waals surface area contributed by atoms with Gasteiger partial charge in [0.05, 0.1) is 24.3 Å². The van der Waals surface area contributed by atoms with Crippen LogP contribution in [0, 0.1) is 0 Å². The molecule has 0 aromatic heterocycles. The Bertz CT molecular complexity index is 778. The number of amides is 1. The Hall–Kier alpha value is -2.41. The minimum absolute atomic E-state index is 0.222. The molecule has 1 aliphatic rings. The van der Waals surface area contributed by atoms with Crippen LogP contribution in [0.25, 0.3) is 0 Å². The van der Waals surface area contributed by atoms with Crippen LogP contribution < -0.4 is 24.3 Å². The highest BCUT2D eigenvalue weighted by Crippen LogP contribution is 2.34. The summed E-state index contributed by atoms with van der Waals surface area (Å²) in [5.41, 5.74) is 1.30. The zero-order valence-corrected chi connectivity index (χ0v) is 14.8. The zero-order chi connectivity index (χ0) is 17.1. The molecule has 0 spiro atoms. The molecule has 2 aromatic carbocycles. The predicted molar refractivity (Wildman–Crippen MR) is 91.0 cm³/mol. The van der Waals surface area contributed by atoms with E-state index in [1.54, 1.807) is 19.2 Å². The lowest BCUT2D eigenvalue weighted by Crippen LogP contribution is -2.23. The van der Waals surface area contributed by atoms with Gasteiger partial charge in [0.15, 0.2) is 11.5 Å². The van der Waals surface area contributed by atoms with Crippen LogP contribution in [0.4, 0.5) is 0 Å². The third kappa shape index (κ3) is 3.26. The topological polar surface area (TPSA) is 66.0 Å². The number of methoxy groups -OCH3 is 2. The van der Waals surface area contributed by atoms with E-state index in [1.165, 1.54) is 7.11 Å². The number of carbonyl (C=O) groups is 1. The first-order valence-corrected chi connectivity index (χ1v) is 8.00. The number of carbonyl (C=O) groups excluding carboxylic acids is 1. The van der Waals surface area contributed by atoms with Crippen LogP contribution in [0.1, 0.15) is 15.9 Å². The van der Waals surface area contributed by atoms with Crippen molar-refractivity contribution in [1.29, 1.82) is 0 Å². The number of rotatable bonds is 5. The molecular weight excluding hydrogens is 378 g/mol. The maximum atomic E-state index is 12.5. The largest absolute Gasteiger partial charge is 0.497 e. The molecule has 7 heteroatoms. The van der Waals surface area contributed by atoms with Crippen molar-refractivity contribution >= 4 is 21.8 Å². The number of benzene rings is 2. The average Bonchev–Trinajstić information content (AvgIpc) is 3.06. The van der Waals surface area contributed by atoms with Gasteiger partial charge in [0.25, 0.3) is 5.91 Å². The van der Waals surface area contributed by atoms with Crippen LogP contribution in [-0.2, 0) is 6.54 Å². The first kappa shape index (κ1) is 16.4. The predicted octanol–water partition coefficient (Wildman–Crippen LogP) is 3.13. The standard InChI is InChI=1S/C17H16BrNO5/c1-21-11-6-12(16(22-2)13(18)7-11)17(20)19-8-10-3-4-14-15(5-10)24-9-23-14/h3-7H,8-9H2,1-2H3,(H,19,20). The summed E-state index contributed by atoms with van der Waals surface area (Å²) in [5, 5.41) is 2.87. The van der Waals surface area contributed by atoms with Crippen LogP contribution in [0.3, 0.4) is 0 Å². The van der Waals surface area contributed by atoms with Gasteiger partial charge in [-0.05, 0) is 45.8 Å². The van der Waals surface area contributed by atoms with Gasteiger partial charge in [-0.1, -0.05) is 6.07 Å². The monoisotopic (exact) mass is 393 g/mol. The lowest BCUT2D eigenvalue weighted by atomic mass is 10.1. The third-order valence-corrected chi connectivity index (χ3v) is 4.18. The van der Waals surface area contributed by atoms with E-state index in [-0.39, 0.29) is 12.7 Å². The van der Waals surface area contributed by atoms with Crippen molar-refractivity contribution in [2.75, 3.05) is 21.0 Å². The molecule has 1 N–H and O–H groups in total. The van der Waals surface area contributed by atoms with E-state index in [9.17, 15) is 4.79 Å². The average molecular weight is 394 g/mol. The molecule has 6 nitrogen and oxygen atoms in total. The number of fused-ring (bicyclic) bond motifs is 1. The van der Waals surface area contributed by atoms with Gasteiger partial charge in [-0.3, -0.25) is 4.79 Å². The fourth-order valence-electron chi connectivity index (χ4n) is 2.39. The molecule has 3 rings (SSSR count). The Morgan fingerprint density at radius 1 is 1.17 bits per heavy atom. The molecule has 0 atom stereocenters. The number of nitrogens with one attached hydrogen (secondary N) is 1. The molecule has 0 saturated carbocycles. The second-order valence-corrected chi connectivity index (χ2v) is 5.91. The maximum Gasteiger partial charge on any atom is 0.255 e. The molecule has 0 saturated heterocycles. The molecule has 0 aliphatic carbocycles. The van der Waals surface area contributed by atoms with Gasteiger partial charge >= 0.3 is 0 Å². The highest BCUT2D eigenvalue weighted by atomic mass is 79.9. The van der Waals surface area contributed by atoms with Crippen molar-refractivity contribution in [3.05, 3.63) is 45.9 Å². The van der Waals surface area contributed by atoms with Gasteiger partial charge < -0.3 is 24.3 Å². The van der Waals surface area contributed by atoms with Crippen molar-refractivity contribution in [2.24, 2.45) is 0 Å². The summed E-state index contributed by atoms with van der Waals surface area (Å²) >= 11 is 3.38. The van der Waals surface area contributed by atoms with E-state index in [2.05, 4.69) is 21.2 Å². The number of hydrogen-bond acceptors (Lipinski definition) is 5. The Morgan fingerprint density at radius 2 is 1.96 bits per heavy atom. The molecule has 0 radical (unpaired) electrons. The summed E-state index contributed by atoms with van der Waals surface area (Å²) in [7, 11) is 3.06. The fourth-order valence-corrected chi connectivity index (χ4v) is 2.99. The van der Waals surface area contributed by atoms with E-state index in [4.69, 9.17) is 18.9 Å². The Balaban J connectivity index is 1.76. The molecule has 0 unspecified atom stereocenters. The zero-order valence-electron chi connectivity index (χ0n) is 13.2. The quantitative estimate of drug-likeness (QED) is 0.844. The van der Waals surface area contributed by atoms with E-state index in [0.717, 1.165) is 5.56 Å². The van der Waals surface area contributed by atoms with Crippen molar-refractivity contribution in [3.8, 4) is 23.0 Å². The highest BCUT2D eigenvalue weighted by Gasteiger charge is 2.18. The summed E-state index contributed by atoms with van der Waals surface area (Å²) in [6, 6.07) is 8.94. The van der Waals surface area contributed by atoms with E-state index < -0.39 is 0 Å². The Labute approximate surface area is 147 Å². The van der Waals surface area contributed by atoms with E-state index in [0.29, 0.717) is 39.6 Å². The summed E-state index contributed by atoms with van der Waals surface area (Å²) in [4.78, 5) is 12.5. The lowest BCUT2D eigenvalue weighted by Gasteiger charge is -2.13. The number of halogens is 1. The van der Waals surface area contributed by atoms with Gasteiger partial charge in [0, 0.05) is 6.54 Å². The third-order valence-electron chi connectivity index (χ3n) is 3.59. The smallest absolute Gasteiger partial charge is 0.255 e. The molecule has 1 amide bonds. The number of ether oxygens (including phenoxy) is 4. The van der Waals surface area contributed by atoms with Gasteiger partial charge in [-0.25, -0.2) is 0 Å². The molecule has 0 fully saturated rings. The second-order valence-electron chi connectivity index (χ2n) is 5.06. The Kier molecular flexibility index (Phi) is 4.80. The summed E-state index contributed by atoms with van der Waals surface area (Å²) < 4.78 is 21.8. The van der Waals surface area contributed by atoms with Crippen LogP contribution in [0.15, 0.2) is 34.8 Å². The lowest BCUT2D eigenvalue weighted by molar-refractivity contribution is 0.0947. The van der Waals surface area contributed by atoms with Crippen LogP contribution in [0.5, 0.6) is 23.0 Å². The van der Waals surface area contributed by atoms with Crippen LogP contribution in [-0.4, -0.2) is 26.9 Å². The van der Waals surface area contributed by atoms with Crippen LogP contribution >= 0.6 is 15.9 Å². The second kappa shape index (κ2) is 7.00. The molecular formula is C17H16BrNO5. The first-order valence-electron chi connectivity index (χ1n) is 7.20. The minimum Gasteiger partial charge on any atom is -0.497 e. The van der Waals surface area contributed by atoms with E-state index in [1.807, 2.05) is 18.2 Å². The maximum absolute atomic E-state index is 12.5. The Morgan fingerprint density at radius 3 is 2.71 bits per heavy atom. The summed E-state index contributed by atoms with van der Waals surface area (Å²) in [6.07, 6.45) is 0. The molecule has 2 aromatic rings. The molecule has 1 aliphatic heterocycles. The van der Waals surface area contributed by atoms with Gasteiger partial charge in [0.2, 0.25) is 6.79 Å². The minimum atomic E-state index is -0.260. The van der Waals surface area contributed by atoms with Crippen molar-refractivity contribution < 1.29 is 23.7 Å². The first-order chi connectivity index (χ1) is 11.6. The normalized spacial score (nSPS) is 12.0. The van der Waals surface area contributed by atoms with Crippen molar-refractivity contribution in [2.45, 2.75) is 6.54 Å². The van der Waals surface area contributed by atoms with Gasteiger partial charge in [0.1, 0.15) is 11.5 Å². The number of hydrogen-bond donors (Lipinski definition) is 1. The molecule has 0 bridgehead atoms. The van der Waals surface area contributed by atoms with E-state index >= 15 is 0 Å². The fraction of sp³-hybridized carbons (Fsp3) is 0.235. The molecule has 1 heterocycles. The van der Waals surface area contributed by atoms with Gasteiger partial charge in [-0.2, -0.15) is 0 Å². The highest BCUT2D eigenvalue weighted by molar-refractivity contribution is 9.10. The molecule has 126 valence electrons. The summed E-state index contributed by atoms with van der Waals surface area (Å²) in [5.74, 6) is 2.16. The van der Waals surface area contributed by atoms with Gasteiger partial charge in [-0.15, -0.1) is 0 Å². The van der Waals surface area contributed by atoms with Crippen molar-refractivity contribution in [3.63, 3.8) is 0 Å². The molecule has 24 heavy (non-hydrogen) atoms. The van der Waals surface area contributed by atoms with Crippen LogP contribution in [0.2, 0.25) is 0 Å². The SMILES string of the molecule is COc1cc(Br)c(OC)c(C(=O)NCc2ccc3c(c2)OCO3)c1. The summed E-state index contributed by atoms with van der Waals surface area (Å²) in [6.45, 7) is 0.577. The van der Waals surface area contributed by atoms with Crippen molar-refractivity contribution in [1.82, 2.24) is 5.32 Å².